The minimum absolute atomic E-state index is 0.181. The first-order chi connectivity index (χ1) is 11.6. The van der Waals surface area contributed by atoms with E-state index in [1.807, 2.05) is 36.7 Å². The van der Waals surface area contributed by atoms with E-state index >= 15 is 0 Å². The van der Waals surface area contributed by atoms with Crippen LogP contribution in [0.5, 0.6) is 0 Å². The fraction of sp³-hybridized carbons (Fsp3) is 0.412. The molecule has 0 radical (unpaired) electrons. The second kappa shape index (κ2) is 7.40. The molecular weight excluding hydrogens is 326 g/mol. The molecular formula is C17H21N3O3S. The van der Waals surface area contributed by atoms with Crippen molar-refractivity contribution in [3.63, 3.8) is 0 Å². The predicted molar refractivity (Wildman–Crippen MR) is 92.7 cm³/mol. The lowest BCUT2D eigenvalue weighted by Crippen LogP contribution is -2.42. The first-order valence-corrected chi connectivity index (χ1v) is 8.79. The number of aliphatic hydroxyl groups is 2. The smallest absolute Gasteiger partial charge is 0.237 e. The Hall–Kier alpha value is -1.80. The van der Waals surface area contributed by atoms with E-state index in [1.165, 1.54) is 0 Å². The van der Waals surface area contributed by atoms with E-state index in [1.54, 1.807) is 11.3 Å². The molecule has 1 aliphatic rings. The fourth-order valence-corrected chi connectivity index (χ4v) is 3.68. The Balaban J connectivity index is 1.69. The lowest BCUT2D eigenvalue weighted by molar-refractivity contribution is -0.124. The van der Waals surface area contributed by atoms with Gasteiger partial charge in [-0.25, -0.2) is 4.98 Å². The third-order valence-corrected chi connectivity index (χ3v) is 5.22. The number of hydrogen-bond donors (Lipinski definition) is 4. The number of aryl methyl sites for hydroxylation is 1. The number of aromatic nitrogens is 1. The number of rotatable bonds is 5. The number of nitrogens with one attached hydrogen (secondary N) is 2. The highest BCUT2D eigenvalue weighted by Crippen LogP contribution is 2.28. The summed E-state index contributed by atoms with van der Waals surface area (Å²) in [6.07, 6.45) is -0.0941. The van der Waals surface area contributed by atoms with Crippen LogP contribution >= 0.6 is 11.3 Å². The fourth-order valence-electron chi connectivity index (χ4n) is 2.87. The van der Waals surface area contributed by atoms with Gasteiger partial charge >= 0.3 is 0 Å². The number of carbonyl (C=O) groups is 1. The van der Waals surface area contributed by atoms with E-state index in [9.17, 15) is 15.0 Å². The van der Waals surface area contributed by atoms with Crippen molar-refractivity contribution in [2.75, 3.05) is 13.2 Å². The molecule has 4 N–H and O–H groups in total. The molecule has 0 bridgehead atoms. The normalized spacial score (nSPS) is 21.6. The lowest BCUT2D eigenvalue weighted by atomic mass is 10.0. The molecule has 0 spiro atoms. The van der Waals surface area contributed by atoms with Gasteiger partial charge in [-0.2, -0.15) is 0 Å². The summed E-state index contributed by atoms with van der Waals surface area (Å²) in [5.41, 5.74) is 4.72. The summed E-state index contributed by atoms with van der Waals surface area (Å²) in [6.45, 7) is 2.21. The Labute approximate surface area is 144 Å². The number of aliphatic hydroxyl groups excluding tert-OH is 2. The Morgan fingerprint density at radius 1 is 1.46 bits per heavy atom. The Bertz CT molecular complexity index is 701. The molecule has 1 aromatic carbocycles. The molecule has 1 aliphatic heterocycles. The van der Waals surface area contributed by atoms with Crippen molar-refractivity contribution in [3.8, 4) is 10.4 Å². The lowest BCUT2D eigenvalue weighted by Gasteiger charge is -2.19. The number of β-amino-alcohol motifs (C(OH)–C–C–N with tert-alkyl or cyclic N) is 1. The Morgan fingerprint density at radius 2 is 2.21 bits per heavy atom. The van der Waals surface area contributed by atoms with Crippen LogP contribution in [0.4, 0.5) is 0 Å². The maximum absolute atomic E-state index is 12.2. The largest absolute Gasteiger partial charge is 0.394 e. The molecule has 1 amide bonds. The average molecular weight is 347 g/mol. The highest BCUT2D eigenvalue weighted by atomic mass is 32.1. The topological polar surface area (TPSA) is 94.5 Å². The van der Waals surface area contributed by atoms with Crippen molar-refractivity contribution in [2.24, 2.45) is 0 Å². The molecule has 0 aliphatic carbocycles. The monoisotopic (exact) mass is 347 g/mol. The molecule has 128 valence electrons. The van der Waals surface area contributed by atoms with Crippen LogP contribution in [-0.2, 0) is 4.79 Å². The third kappa shape index (κ3) is 3.64. The van der Waals surface area contributed by atoms with Gasteiger partial charge < -0.3 is 20.8 Å². The van der Waals surface area contributed by atoms with Crippen LogP contribution in [0.25, 0.3) is 10.4 Å². The molecule has 2 aromatic rings. The van der Waals surface area contributed by atoms with Crippen LogP contribution in [-0.4, -0.2) is 46.4 Å². The van der Waals surface area contributed by atoms with Crippen molar-refractivity contribution in [1.29, 1.82) is 0 Å². The van der Waals surface area contributed by atoms with Crippen molar-refractivity contribution in [2.45, 2.75) is 31.5 Å². The van der Waals surface area contributed by atoms with Crippen molar-refractivity contribution >= 4 is 17.2 Å². The maximum Gasteiger partial charge on any atom is 0.237 e. The van der Waals surface area contributed by atoms with Gasteiger partial charge in [-0.3, -0.25) is 4.79 Å². The minimum atomic E-state index is -0.491. The Morgan fingerprint density at radius 3 is 2.75 bits per heavy atom. The summed E-state index contributed by atoms with van der Waals surface area (Å²) in [5, 5.41) is 24.9. The van der Waals surface area contributed by atoms with Gasteiger partial charge in [0.15, 0.2) is 0 Å². The first-order valence-electron chi connectivity index (χ1n) is 7.91. The van der Waals surface area contributed by atoms with Crippen LogP contribution in [0, 0.1) is 6.92 Å². The summed E-state index contributed by atoms with van der Waals surface area (Å²) in [6, 6.07) is 6.89. The van der Waals surface area contributed by atoms with Crippen LogP contribution < -0.4 is 10.6 Å². The van der Waals surface area contributed by atoms with Crippen LogP contribution in [0.2, 0.25) is 0 Å². The maximum atomic E-state index is 12.2. The van der Waals surface area contributed by atoms with E-state index in [4.69, 9.17) is 0 Å². The molecule has 1 aromatic heterocycles. The van der Waals surface area contributed by atoms with Gasteiger partial charge in [-0.1, -0.05) is 24.3 Å². The van der Waals surface area contributed by atoms with E-state index < -0.39 is 18.2 Å². The minimum Gasteiger partial charge on any atom is -0.394 e. The van der Waals surface area contributed by atoms with Crippen molar-refractivity contribution in [1.82, 2.24) is 15.6 Å². The Kier molecular flexibility index (Phi) is 5.25. The van der Waals surface area contributed by atoms with Gasteiger partial charge in [0.2, 0.25) is 5.91 Å². The predicted octanol–water partition coefficient (Wildman–Crippen LogP) is 0.991. The van der Waals surface area contributed by atoms with Crippen LogP contribution in [0.3, 0.4) is 0 Å². The molecule has 0 saturated carbocycles. The van der Waals surface area contributed by atoms with Gasteiger partial charge in [0, 0.05) is 6.54 Å². The van der Waals surface area contributed by atoms with Crippen molar-refractivity contribution in [3.05, 3.63) is 41.0 Å². The van der Waals surface area contributed by atoms with E-state index in [0.29, 0.717) is 13.0 Å². The van der Waals surface area contributed by atoms with Crippen LogP contribution in [0.1, 0.15) is 23.7 Å². The molecule has 24 heavy (non-hydrogen) atoms. The number of hydrogen-bond acceptors (Lipinski definition) is 6. The number of carbonyl (C=O) groups excluding carboxylic acids is 1. The number of amides is 1. The standard InChI is InChI=1S/C17H21N3O3S/c1-10-16(24-9-19-10)12-4-2-11(3-5-12)15(8-21)20-17(23)14-6-13(22)7-18-14/h2-5,9,13-15,18,21-22H,6-8H2,1H3,(H,20,23)/t13-,14+,15+/m1/s1. The van der Waals surface area contributed by atoms with Gasteiger partial charge in [-0.15, -0.1) is 11.3 Å². The summed E-state index contributed by atoms with van der Waals surface area (Å²) < 4.78 is 0. The zero-order valence-electron chi connectivity index (χ0n) is 13.4. The highest BCUT2D eigenvalue weighted by Gasteiger charge is 2.29. The van der Waals surface area contributed by atoms with Gasteiger partial charge in [0.1, 0.15) is 0 Å². The quantitative estimate of drug-likeness (QED) is 0.647. The van der Waals surface area contributed by atoms with Crippen molar-refractivity contribution < 1.29 is 15.0 Å². The number of thiazole rings is 1. The average Bonchev–Trinajstić information content (AvgIpc) is 3.21. The summed E-state index contributed by atoms with van der Waals surface area (Å²) in [4.78, 5) is 17.6. The molecule has 2 heterocycles. The molecule has 1 saturated heterocycles. The molecule has 0 unspecified atom stereocenters. The molecule has 7 heteroatoms. The first kappa shape index (κ1) is 17.0. The van der Waals surface area contributed by atoms with E-state index in [0.717, 1.165) is 21.7 Å². The zero-order valence-corrected chi connectivity index (χ0v) is 14.2. The van der Waals surface area contributed by atoms with Gasteiger partial charge in [0.25, 0.3) is 0 Å². The number of benzene rings is 1. The molecule has 1 fully saturated rings. The van der Waals surface area contributed by atoms with Crippen LogP contribution in [0.15, 0.2) is 29.8 Å². The highest BCUT2D eigenvalue weighted by molar-refractivity contribution is 7.13. The summed E-state index contributed by atoms with van der Waals surface area (Å²) >= 11 is 1.59. The molecule has 3 atom stereocenters. The number of nitrogens with zero attached hydrogens (tertiary/aromatic N) is 1. The molecule has 3 rings (SSSR count). The SMILES string of the molecule is Cc1ncsc1-c1ccc([C@H](CO)NC(=O)[C@@H]2C[C@@H](O)CN2)cc1. The molecule has 6 nitrogen and oxygen atoms in total. The summed E-state index contributed by atoms with van der Waals surface area (Å²) in [5.74, 6) is -0.201. The second-order valence-corrected chi connectivity index (χ2v) is 6.84. The van der Waals surface area contributed by atoms with Gasteiger partial charge in [-0.05, 0) is 24.5 Å². The third-order valence-electron chi connectivity index (χ3n) is 4.24. The summed E-state index contributed by atoms with van der Waals surface area (Å²) in [7, 11) is 0. The second-order valence-electron chi connectivity index (χ2n) is 5.98. The van der Waals surface area contributed by atoms with E-state index in [-0.39, 0.29) is 12.5 Å². The zero-order chi connectivity index (χ0) is 17.1. The van der Waals surface area contributed by atoms with Gasteiger partial charge in [0.05, 0.1) is 40.9 Å². The van der Waals surface area contributed by atoms with E-state index in [2.05, 4.69) is 15.6 Å².